The highest BCUT2D eigenvalue weighted by atomic mass is 16.5. The lowest BCUT2D eigenvalue weighted by molar-refractivity contribution is 0.0696. The van der Waals surface area contributed by atoms with E-state index < -0.39 is 11.5 Å². The number of aryl methyl sites for hydroxylation is 1. The maximum absolute atomic E-state index is 13.9. The van der Waals surface area contributed by atoms with Gasteiger partial charge in [-0.3, -0.25) is 4.79 Å². The Morgan fingerprint density at radius 3 is 2.67 bits per heavy atom. The SMILES string of the molecule is CC(C)Oc1ccc(-c2cc3ccccc3o2)cc1C(=O)NC1(CO)CCc2[nH]c3ccc(C(=O)O)cc3c2C1. The van der Waals surface area contributed by atoms with Crippen LogP contribution in [0, 0.1) is 0 Å². The summed E-state index contributed by atoms with van der Waals surface area (Å²) < 4.78 is 12.0. The monoisotopic (exact) mass is 538 g/mol. The van der Waals surface area contributed by atoms with Crippen LogP contribution in [0.2, 0.25) is 0 Å². The summed E-state index contributed by atoms with van der Waals surface area (Å²) in [7, 11) is 0. The fraction of sp³-hybridized carbons (Fsp3) is 0.250. The van der Waals surface area contributed by atoms with E-state index in [0.29, 0.717) is 36.3 Å². The number of hydrogen-bond acceptors (Lipinski definition) is 5. The van der Waals surface area contributed by atoms with E-state index in [-0.39, 0.29) is 24.2 Å². The standard InChI is InChI=1S/C32H30N2O6/c1-18(2)39-28-10-8-20(29-15-19-5-3-4-6-27(19)40-29)13-23(28)30(36)34-32(17-35)12-11-26-24(16-32)22-14-21(31(37)38)7-9-25(22)33-26/h3-10,13-15,18,33,35H,11-12,16-17H2,1-2H3,(H,34,36)(H,37,38). The summed E-state index contributed by atoms with van der Waals surface area (Å²) in [6.07, 6.45) is 1.32. The summed E-state index contributed by atoms with van der Waals surface area (Å²) in [5, 5.41) is 24.9. The number of para-hydroxylation sites is 1. The van der Waals surface area contributed by atoms with Gasteiger partial charge in [-0.15, -0.1) is 0 Å². The number of ether oxygens (including phenoxy) is 1. The Morgan fingerprint density at radius 1 is 1.10 bits per heavy atom. The Labute approximate surface area is 230 Å². The molecular weight excluding hydrogens is 508 g/mol. The van der Waals surface area contributed by atoms with Crippen LogP contribution in [0.25, 0.3) is 33.2 Å². The van der Waals surface area contributed by atoms with Crippen molar-refractivity contribution in [2.75, 3.05) is 6.61 Å². The smallest absolute Gasteiger partial charge is 0.335 e. The molecule has 3 aromatic carbocycles. The molecule has 0 spiro atoms. The molecule has 0 fully saturated rings. The van der Waals surface area contributed by atoms with Gasteiger partial charge in [-0.2, -0.15) is 0 Å². The number of amides is 1. The number of fused-ring (bicyclic) bond motifs is 4. The maximum atomic E-state index is 13.9. The Morgan fingerprint density at radius 2 is 1.93 bits per heavy atom. The van der Waals surface area contributed by atoms with E-state index in [9.17, 15) is 19.8 Å². The quantitative estimate of drug-likeness (QED) is 0.210. The normalized spacial score (nSPS) is 16.8. The van der Waals surface area contributed by atoms with E-state index in [1.807, 2.05) is 50.2 Å². The zero-order chi connectivity index (χ0) is 28.0. The van der Waals surface area contributed by atoms with Gasteiger partial charge in [-0.25, -0.2) is 4.79 Å². The van der Waals surface area contributed by atoms with Crippen LogP contribution in [0.1, 0.15) is 52.2 Å². The summed E-state index contributed by atoms with van der Waals surface area (Å²) in [5.41, 5.74) is 3.84. The Hall–Kier alpha value is -4.56. The zero-order valence-electron chi connectivity index (χ0n) is 22.3. The number of aliphatic hydroxyl groups is 1. The van der Waals surface area contributed by atoms with Gasteiger partial charge in [-0.05, 0) is 80.8 Å². The Balaban J connectivity index is 1.35. The van der Waals surface area contributed by atoms with E-state index in [1.54, 1.807) is 30.3 Å². The molecule has 4 N–H and O–H groups in total. The predicted octanol–water partition coefficient (Wildman–Crippen LogP) is 5.72. The molecule has 1 amide bonds. The summed E-state index contributed by atoms with van der Waals surface area (Å²) in [6.45, 7) is 3.53. The number of nitrogens with one attached hydrogen (secondary N) is 2. The zero-order valence-corrected chi connectivity index (χ0v) is 22.3. The minimum atomic E-state index is -1.00. The number of aromatic carboxylic acids is 1. The Bertz CT molecular complexity index is 1730. The molecule has 0 radical (unpaired) electrons. The van der Waals surface area contributed by atoms with Crippen LogP contribution in [-0.4, -0.2) is 45.3 Å². The number of carbonyl (C=O) groups excluding carboxylic acids is 1. The largest absolute Gasteiger partial charge is 0.490 e. The highest BCUT2D eigenvalue weighted by Crippen LogP contribution is 2.36. The van der Waals surface area contributed by atoms with Gasteiger partial charge in [0, 0.05) is 34.0 Å². The van der Waals surface area contributed by atoms with Crippen LogP contribution in [0.15, 0.2) is 71.1 Å². The van der Waals surface area contributed by atoms with E-state index in [1.165, 1.54) is 0 Å². The number of carbonyl (C=O) groups is 2. The number of aliphatic hydroxyl groups excluding tert-OH is 1. The van der Waals surface area contributed by atoms with Crippen LogP contribution in [-0.2, 0) is 12.8 Å². The van der Waals surface area contributed by atoms with Crippen molar-refractivity contribution in [3.63, 3.8) is 0 Å². The van der Waals surface area contributed by atoms with E-state index in [4.69, 9.17) is 9.15 Å². The van der Waals surface area contributed by atoms with Crippen molar-refractivity contribution in [2.24, 2.45) is 0 Å². The minimum absolute atomic E-state index is 0.151. The van der Waals surface area contributed by atoms with Crippen LogP contribution in [0.3, 0.4) is 0 Å². The van der Waals surface area contributed by atoms with Gasteiger partial charge < -0.3 is 29.7 Å². The third-order valence-corrected chi connectivity index (χ3v) is 7.59. The van der Waals surface area contributed by atoms with Crippen molar-refractivity contribution in [2.45, 2.75) is 44.8 Å². The molecule has 0 bridgehead atoms. The molecular formula is C32H30N2O6. The van der Waals surface area contributed by atoms with Crippen molar-refractivity contribution < 1.29 is 29.0 Å². The number of aromatic amines is 1. The summed E-state index contributed by atoms with van der Waals surface area (Å²) in [4.78, 5) is 28.8. The first-order valence-electron chi connectivity index (χ1n) is 13.3. The van der Waals surface area contributed by atoms with Gasteiger partial charge in [0.2, 0.25) is 0 Å². The second-order valence-corrected chi connectivity index (χ2v) is 10.7. The van der Waals surface area contributed by atoms with Crippen molar-refractivity contribution in [3.05, 3.63) is 89.1 Å². The summed E-state index contributed by atoms with van der Waals surface area (Å²) in [5.74, 6) is -0.290. The van der Waals surface area contributed by atoms with Gasteiger partial charge >= 0.3 is 5.97 Å². The molecule has 8 nitrogen and oxygen atoms in total. The third kappa shape index (κ3) is 4.60. The summed E-state index contributed by atoms with van der Waals surface area (Å²) >= 11 is 0. The number of aromatic nitrogens is 1. The van der Waals surface area contributed by atoms with Crippen molar-refractivity contribution in [1.82, 2.24) is 10.3 Å². The molecule has 0 saturated carbocycles. The third-order valence-electron chi connectivity index (χ3n) is 7.59. The van der Waals surface area contributed by atoms with Crippen molar-refractivity contribution >= 4 is 33.7 Å². The molecule has 2 aromatic heterocycles. The molecule has 1 unspecified atom stereocenters. The van der Waals surface area contributed by atoms with Crippen LogP contribution >= 0.6 is 0 Å². The topological polar surface area (TPSA) is 125 Å². The molecule has 40 heavy (non-hydrogen) atoms. The van der Waals surface area contributed by atoms with Crippen LogP contribution in [0.5, 0.6) is 5.75 Å². The van der Waals surface area contributed by atoms with Gasteiger partial charge in [0.15, 0.2) is 0 Å². The number of furan rings is 1. The predicted molar refractivity (Wildman–Crippen MR) is 152 cm³/mol. The lowest BCUT2D eigenvalue weighted by Gasteiger charge is -2.37. The fourth-order valence-electron chi connectivity index (χ4n) is 5.57. The average Bonchev–Trinajstić information content (AvgIpc) is 3.53. The molecule has 5 aromatic rings. The van der Waals surface area contributed by atoms with E-state index >= 15 is 0 Å². The lowest BCUT2D eigenvalue weighted by Crippen LogP contribution is -2.54. The number of carboxylic acid groups (broad SMARTS) is 1. The maximum Gasteiger partial charge on any atom is 0.335 e. The number of H-pyrrole nitrogens is 1. The van der Waals surface area contributed by atoms with Gasteiger partial charge in [0.05, 0.1) is 29.4 Å². The fourth-order valence-corrected chi connectivity index (χ4v) is 5.57. The Kier molecular flexibility index (Phi) is 6.35. The average molecular weight is 539 g/mol. The molecule has 204 valence electrons. The first-order valence-corrected chi connectivity index (χ1v) is 13.3. The number of rotatable bonds is 7. The lowest BCUT2D eigenvalue weighted by atomic mass is 9.80. The molecule has 2 heterocycles. The van der Waals surface area contributed by atoms with E-state index in [2.05, 4.69) is 10.3 Å². The van der Waals surface area contributed by atoms with Crippen LogP contribution in [0.4, 0.5) is 0 Å². The minimum Gasteiger partial charge on any atom is -0.490 e. The van der Waals surface area contributed by atoms with Crippen LogP contribution < -0.4 is 10.1 Å². The molecule has 0 aliphatic heterocycles. The van der Waals surface area contributed by atoms with Gasteiger partial charge in [-0.1, -0.05) is 18.2 Å². The molecule has 1 atom stereocenters. The number of hydrogen-bond donors (Lipinski definition) is 4. The second-order valence-electron chi connectivity index (χ2n) is 10.7. The number of benzene rings is 3. The first-order chi connectivity index (χ1) is 19.2. The first kappa shape index (κ1) is 25.7. The van der Waals surface area contributed by atoms with Gasteiger partial charge in [0.25, 0.3) is 5.91 Å². The molecule has 1 aliphatic rings. The van der Waals surface area contributed by atoms with Gasteiger partial charge in [0.1, 0.15) is 17.1 Å². The summed E-state index contributed by atoms with van der Waals surface area (Å²) in [6, 6.07) is 20.0. The number of carboxylic acids is 1. The van der Waals surface area contributed by atoms with Crippen molar-refractivity contribution in [1.29, 1.82) is 0 Å². The molecule has 6 rings (SSSR count). The molecule has 1 aliphatic carbocycles. The highest BCUT2D eigenvalue weighted by Gasteiger charge is 2.38. The molecule has 8 heteroatoms. The highest BCUT2D eigenvalue weighted by molar-refractivity contribution is 5.99. The molecule has 0 saturated heterocycles. The second kappa shape index (κ2) is 9.88. The van der Waals surface area contributed by atoms with Crippen molar-refractivity contribution in [3.8, 4) is 17.1 Å². The van der Waals surface area contributed by atoms with E-state index in [0.717, 1.165) is 38.7 Å².